The van der Waals surface area contributed by atoms with Gasteiger partial charge in [0.05, 0.1) is 19.9 Å². The maximum Gasteiger partial charge on any atom is 0.297 e. The number of aliphatic imine (C=N–C) groups is 1. The topological polar surface area (TPSA) is 63.2 Å². The van der Waals surface area contributed by atoms with Crippen LogP contribution in [0.15, 0.2) is 89.6 Å². The molecule has 0 atom stereocenters. The number of hydrogen-bond donors (Lipinski definition) is 1. The van der Waals surface area contributed by atoms with Crippen LogP contribution in [0, 0.1) is 0 Å². The lowest BCUT2D eigenvalue weighted by Crippen LogP contribution is -2.37. The molecule has 1 aliphatic heterocycles. The minimum Gasteiger partial charge on any atom is -0.497 e. The van der Waals surface area contributed by atoms with E-state index in [0.717, 1.165) is 28.3 Å². The zero-order valence-corrected chi connectivity index (χ0v) is 16.7. The highest BCUT2D eigenvalue weighted by molar-refractivity contribution is 6.20. The molecule has 1 amide bonds. The monoisotopic (exact) mass is 399 g/mol. The van der Waals surface area contributed by atoms with Gasteiger partial charge >= 0.3 is 0 Å². The molecule has 0 saturated carbocycles. The average molecular weight is 399 g/mol. The number of ether oxygens (including phenoxy) is 2. The van der Waals surface area contributed by atoms with Crippen LogP contribution < -0.4 is 14.9 Å². The van der Waals surface area contributed by atoms with Crippen LogP contribution in [-0.4, -0.2) is 31.0 Å². The average Bonchev–Trinajstić information content (AvgIpc) is 3.10. The number of nitrogens with zero attached hydrogens (tertiary/aromatic N) is 2. The van der Waals surface area contributed by atoms with Gasteiger partial charge in [0.15, 0.2) is 5.84 Å². The third-order valence-corrected chi connectivity index (χ3v) is 4.64. The van der Waals surface area contributed by atoms with Crippen LogP contribution in [0.1, 0.15) is 11.1 Å². The van der Waals surface area contributed by atoms with Crippen molar-refractivity contribution in [2.45, 2.75) is 0 Å². The second-order valence-electron chi connectivity index (χ2n) is 6.59. The summed E-state index contributed by atoms with van der Waals surface area (Å²) in [5.41, 5.74) is 5.96. The van der Waals surface area contributed by atoms with Crippen LogP contribution in [-0.2, 0) is 4.79 Å². The van der Waals surface area contributed by atoms with Crippen molar-refractivity contribution in [2.24, 2.45) is 4.99 Å². The maximum atomic E-state index is 13.2. The number of hydrogen-bond acceptors (Lipinski definition) is 5. The number of carbonyl (C=O) groups is 1. The first-order chi connectivity index (χ1) is 14.7. The normalized spacial score (nSPS) is 14.6. The van der Waals surface area contributed by atoms with Gasteiger partial charge in [-0.2, -0.15) is 5.01 Å². The fraction of sp³-hybridized carbons (Fsp3) is 0.0833. The first-order valence-corrected chi connectivity index (χ1v) is 9.43. The highest BCUT2D eigenvalue weighted by Gasteiger charge is 2.31. The van der Waals surface area contributed by atoms with E-state index < -0.39 is 0 Å². The summed E-state index contributed by atoms with van der Waals surface area (Å²) in [4.78, 5) is 17.8. The molecule has 0 radical (unpaired) electrons. The van der Waals surface area contributed by atoms with Crippen LogP contribution >= 0.6 is 0 Å². The number of methoxy groups -OCH3 is 2. The number of carbonyl (C=O) groups excluding carboxylic acids is 1. The van der Waals surface area contributed by atoms with Crippen molar-refractivity contribution in [3.05, 3.63) is 95.7 Å². The van der Waals surface area contributed by atoms with E-state index in [2.05, 4.69) is 10.4 Å². The second kappa shape index (κ2) is 8.53. The van der Waals surface area contributed by atoms with Gasteiger partial charge in [-0.1, -0.05) is 42.5 Å². The molecule has 0 spiro atoms. The third kappa shape index (κ3) is 4.03. The molecule has 0 bridgehead atoms. The summed E-state index contributed by atoms with van der Waals surface area (Å²) in [5.74, 6) is 1.80. The van der Waals surface area contributed by atoms with Crippen molar-refractivity contribution in [3.8, 4) is 11.5 Å². The van der Waals surface area contributed by atoms with Crippen LogP contribution in [0.25, 0.3) is 6.08 Å². The smallest absolute Gasteiger partial charge is 0.297 e. The Morgan fingerprint density at radius 1 is 0.833 bits per heavy atom. The molecule has 0 aromatic heterocycles. The third-order valence-electron chi connectivity index (χ3n) is 4.64. The Kier molecular flexibility index (Phi) is 5.48. The molecule has 3 aromatic carbocycles. The molecular formula is C24H21N3O3. The van der Waals surface area contributed by atoms with E-state index in [1.165, 1.54) is 5.01 Å². The van der Waals surface area contributed by atoms with Crippen molar-refractivity contribution < 1.29 is 14.3 Å². The fourth-order valence-electron chi connectivity index (χ4n) is 3.05. The predicted octanol–water partition coefficient (Wildman–Crippen LogP) is 4.36. The van der Waals surface area contributed by atoms with E-state index in [1.54, 1.807) is 20.3 Å². The van der Waals surface area contributed by atoms with Gasteiger partial charge in [0.25, 0.3) is 5.91 Å². The van der Waals surface area contributed by atoms with Crippen molar-refractivity contribution in [1.82, 2.24) is 5.01 Å². The zero-order valence-electron chi connectivity index (χ0n) is 16.7. The summed E-state index contributed by atoms with van der Waals surface area (Å²) in [5, 5.41) is 1.46. The highest BCUT2D eigenvalue weighted by Crippen LogP contribution is 2.24. The molecule has 6 heteroatoms. The molecule has 4 rings (SSSR count). The van der Waals surface area contributed by atoms with Gasteiger partial charge in [0.2, 0.25) is 0 Å². The Bertz CT molecular complexity index is 1090. The van der Waals surface area contributed by atoms with Gasteiger partial charge in [-0.05, 0) is 48.0 Å². The van der Waals surface area contributed by atoms with E-state index in [9.17, 15) is 4.79 Å². The summed E-state index contributed by atoms with van der Waals surface area (Å²) in [6, 6.07) is 24.4. The first kappa shape index (κ1) is 19.3. The summed E-state index contributed by atoms with van der Waals surface area (Å²) in [6.45, 7) is 0. The first-order valence-electron chi connectivity index (χ1n) is 9.43. The number of anilines is 1. The number of amides is 1. The van der Waals surface area contributed by atoms with Gasteiger partial charge in [0.1, 0.15) is 17.2 Å². The summed E-state index contributed by atoms with van der Waals surface area (Å²) in [7, 11) is 3.23. The van der Waals surface area contributed by atoms with Crippen LogP contribution in [0.5, 0.6) is 11.5 Å². The molecule has 30 heavy (non-hydrogen) atoms. The molecule has 1 heterocycles. The second-order valence-corrected chi connectivity index (χ2v) is 6.59. The lowest BCUT2D eigenvalue weighted by molar-refractivity contribution is -0.121. The Hall–Kier alpha value is -4.06. The molecule has 0 aliphatic carbocycles. The van der Waals surface area contributed by atoms with Gasteiger partial charge < -0.3 is 9.47 Å². The Balaban J connectivity index is 1.68. The van der Waals surface area contributed by atoms with Crippen LogP contribution in [0.3, 0.4) is 0 Å². The molecule has 0 saturated heterocycles. The van der Waals surface area contributed by atoms with Crippen molar-refractivity contribution in [1.29, 1.82) is 0 Å². The molecule has 0 unspecified atom stereocenters. The van der Waals surface area contributed by atoms with E-state index >= 15 is 0 Å². The molecule has 1 N–H and O–H groups in total. The highest BCUT2D eigenvalue weighted by atomic mass is 16.5. The van der Waals surface area contributed by atoms with Crippen molar-refractivity contribution in [2.75, 3.05) is 19.6 Å². The predicted molar refractivity (Wildman–Crippen MR) is 117 cm³/mol. The van der Waals surface area contributed by atoms with Gasteiger partial charge in [-0.25, -0.2) is 4.99 Å². The molecule has 0 fully saturated rings. The number of rotatable bonds is 6. The summed E-state index contributed by atoms with van der Waals surface area (Å²) in [6.07, 6.45) is 1.76. The molecular weight excluding hydrogens is 378 g/mol. The summed E-state index contributed by atoms with van der Waals surface area (Å²) >= 11 is 0. The summed E-state index contributed by atoms with van der Waals surface area (Å²) < 4.78 is 10.4. The van der Waals surface area contributed by atoms with E-state index in [0.29, 0.717) is 11.5 Å². The maximum absolute atomic E-state index is 13.2. The largest absolute Gasteiger partial charge is 0.497 e. The minimum atomic E-state index is -0.236. The lowest BCUT2D eigenvalue weighted by atomic mass is 10.2. The Morgan fingerprint density at radius 2 is 1.43 bits per heavy atom. The quantitative estimate of drug-likeness (QED) is 0.626. The standard InChI is InChI=1S/C24H21N3O3/c1-29-20-12-8-17(9-13-20)16-22-24(28)27(23(25-22)18-6-4-3-5-7-18)26-19-10-14-21(30-2)15-11-19/h3-16,26H,1-2H3/b22-16-. The molecule has 150 valence electrons. The lowest BCUT2D eigenvalue weighted by Gasteiger charge is -2.20. The Labute approximate surface area is 175 Å². The number of amidine groups is 1. The van der Waals surface area contributed by atoms with E-state index in [4.69, 9.17) is 9.47 Å². The molecule has 6 nitrogen and oxygen atoms in total. The van der Waals surface area contributed by atoms with Gasteiger partial charge in [-0.15, -0.1) is 0 Å². The SMILES string of the molecule is COc1ccc(/C=C2\N=C(c3ccccc3)N(Nc3ccc(OC)cc3)C2=O)cc1. The van der Waals surface area contributed by atoms with Crippen molar-refractivity contribution >= 4 is 23.5 Å². The minimum absolute atomic E-state index is 0.236. The molecule has 1 aliphatic rings. The van der Waals surface area contributed by atoms with E-state index in [1.807, 2.05) is 78.9 Å². The Morgan fingerprint density at radius 3 is 2.03 bits per heavy atom. The number of benzene rings is 3. The molecule has 3 aromatic rings. The zero-order chi connectivity index (χ0) is 20.9. The fourth-order valence-corrected chi connectivity index (χ4v) is 3.05. The van der Waals surface area contributed by atoms with Crippen molar-refractivity contribution in [3.63, 3.8) is 0 Å². The van der Waals surface area contributed by atoms with E-state index in [-0.39, 0.29) is 5.91 Å². The number of hydrazine groups is 1. The van der Waals surface area contributed by atoms with Crippen LogP contribution in [0.4, 0.5) is 5.69 Å². The van der Waals surface area contributed by atoms with Gasteiger partial charge in [0, 0.05) is 5.56 Å². The number of nitrogens with one attached hydrogen (secondary N) is 1. The van der Waals surface area contributed by atoms with Crippen LogP contribution in [0.2, 0.25) is 0 Å². The van der Waals surface area contributed by atoms with Gasteiger partial charge in [-0.3, -0.25) is 10.2 Å².